The van der Waals surface area contributed by atoms with Gasteiger partial charge < -0.3 is 24.8 Å². The minimum absolute atomic E-state index is 0. The van der Waals surface area contributed by atoms with Gasteiger partial charge in [0.1, 0.15) is 0 Å². The zero-order valence-electron chi connectivity index (χ0n) is 12.2. The Balaban J connectivity index is 0. The van der Waals surface area contributed by atoms with Crippen LogP contribution in [0.3, 0.4) is 0 Å². The van der Waals surface area contributed by atoms with Crippen LogP contribution in [-0.2, 0) is 26.2 Å². The molecule has 2 aliphatic carbocycles. The van der Waals surface area contributed by atoms with Gasteiger partial charge in [0.05, 0.1) is 0 Å². The van der Waals surface area contributed by atoms with E-state index in [4.69, 9.17) is 0 Å². The number of benzene rings is 1. The average Bonchev–Trinajstić information content (AvgIpc) is 3.22. The molecule has 22 heavy (non-hydrogen) atoms. The van der Waals surface area contributed by atoms with E-state index in [1.54, 1.807) is 0 Å². The van der Waals surface area contributed by atoms with Crippen molar-refractivity contribution in [1.82, 2.24) is 0 Å². The fourth-order valence-electron chi connectivity index (χ4n) is 1.75. The second-order valence-corrected chi connectivity index (χ2v) is 4.16. The zero-order valence-corrected chi connectivity index (χ0v) is 16.1. The molecule has 2 aromatic rings. The van der Waals surface area contributed by atoms with Gasteiger partial charge in [-0.25, -0.2) is 24.3 Å². The summed E-state index contributed by atoms with van der Waals surface area (Å²) in [6.07, 6.45) is 20.0. The summed E-state index contributed by atoms with van der Waals surface area (Å²) in [5.41, 5.74) is 0. The smallest absolute Gasteiger partial charge is 1.00 e. The molecular weight excluding hydrogens is 390 g/mol. The third-order valence-electron chi connectivity index (χ3n) is 2.72. The van der Waals surface area contributed by atoms with Crippen LogP contribution >= 0.6 is 0 Å². The third kappa shape index (κ3) is 9.31. The van der Waals surface area contributed by atoms with E-state index in [-0.39, 0.29) is 51.0 Å². The summed E-state index contributed by atoms with van der Waals surface area (Å²) in [7, 11) is 0. The molecule has 0 atom stereocenters. The monoisotopic (exact) mass is 405 g/mol. The number of hydrogen-bond donors (Lipinski definition) is 0. The van der Waals surface area contributed by atoms with E-state index in [1.165, 1.54) is 10.8 Å². The van der Waals surface area contributed by atoms with Crippen molar-refractivity contribution in [3.8, 4) is 0 Å². The molecule has 2 aromatic carbocycles. The van der Waals surface area contributed by atoms with Crippen LogP contribution in [0.2, 0.25) is 0 Å². The molecule has 0 aliphatic heterocycles. The molecule has 0 fully saturated rings. The van der Waals surface area contributed by atoms with Crippen LogP contribution in [0, 0.1) is 12.2 Å². The molecule has 2 aliphatic rings. The quantitative estimate of drug-likeness (QED) is 0.501. The van der Waals surface area contributed by atoms with Gasteiger partial charge in [0, 0.05) is 0 Å². The second kappa shape index (κ2) is 15.2. The molecule has 0 radical (unpaired) electrons. The maximum atomic E-state index is 2.99. The van der Waals surface area contributed by atoms with Gasteiger partial charge in [-0.15, -0.1) is 42.5 Å². The van der Waals surface area contributed by atoms with Crippen molar-refractivity contribution in [3.63, 3.8) is 0 Å². The molecular formula is C19H17Cl2Zr-3. The van der Waals surface area contributed by atoms with Crippen LogP contribution < -0.4 is 24.8 Å². The fourth-order valence-corrected chi connectivity index (χ4v) is 1.75. The first-order valence-electron chi connectivity index (χ1n) is 6.51. The Kier molecular flexibility index (Phi) is 16.2. The van der Waals surface area contributed by atoms with Gasteiger partial charge in [-0.05, 0) is 0 Å². The van der Waals surface area contributed by atoms with Gasteiger partial charge in [-0.3, -0.25) is 12.2 Å². The van der Waals surface area contributed by atoms with Gasteiger partial charge in [-0.2, -0.15) is 29.7 Å². The second-order valence-electron chi connectivity index (χ2n) is 4.16. The molecule has 0 amide bonds. The molecule has 0 heterocycles. The van der Waals surface area contributed by atoms with Crippen LogP contribution in [0.25, 0.3) is 10.8 Å². The van der Waals surface area contributed by atoms with E-state index >= 15 is 0 Å². The summed E-state index contributed by atoms with van der Waals surface area (Å²) in [6.45, 7) is 0. The Morgan fingerprint density at radius 3 is 1.82 bits per heavy atom. The molecule has 0 saturated heterocycles. The van der Waals surface area contributed by atoms with Crippen molar-refractivity contribution >= 4 is 10.8 Å². The SMILES string of the molecule is [C-]1=CC=CC1.[C-]1=CC=CC1.[Cl-].[Cl-].[Zr+2].c1ccc2[cH-]ccc2c1. The van der Waals surface area contributed by atoms with Crippen molar-refractivity contribution in [3.05, 3.63) is 91.1 Å². The van der Waals surface area contributed by atoms with Gasteiger partial charge in [0.25, 0.3) is 0 Å². The zero-order chi connectivity index (χ0) is 13.2. The van der Waals surface area contributed by atoms with Crippen LogP contribution in [0.4, 0.5) is 0 Å². The van der Waals surface area contributed by atoms with Crippen molar-refractivity contribution in [2.24, 2.45) is 0 Å². The Morgan fingerprint density at radius 1 is 0.818 bits per heavy atom. The van der Waals surface area contributed by atoms with Gasteiger partial charge in [0.15, 0.2) is 0 Å². The number of hydrogen-bond acceptors (Lipinski definition) is 0. The van der Waals surface area contributed by atoms with E-state index in [1.807, 2.05) is 24.3 Å². The molecule has 3 heteroatoms. The topological polar surface area (TPSA) is 0 Å². The van der Waals surface area contributed by atoms with E-state index in [0.29, 0.717) is 0 Å². The summed E-state index contributed by atoms with van der Waals surface area (Å²) in [6, 6.07) is 14.7. The third-order valence-corrected chi connectivity index (χ3v) is 2.72. The Hall–Kier alpha value is -0.747. The molecule has 0 unspecified atom stereocenters. The van der Waals surface area contributed by atoms with Crippen LogP contribution in [0.15, 0.2) is 78.9 Å². The maximum Gasteiger partial charge on any atom is 2.00 e. The molecule has 4 rings (SSSR count). The van der Waals surface area contributed by atoms with Gasteiger partial charge in [-0.1, -0.05) is 6.07 Å². The van der Waals surface area contributed by atoms with Gasteiger partial charge >= 0.3 is 26.2 Å². The normalized spacial score (nSPS) is 12.2. The van der Waals surface area contributed by atoms with Crippen molar-refractivity contribution < 1.29 is 51.0 Å². The minimum atomic E-state index is 0. The van der Waals surface area contributed by atoms with Gasteiger partial charge in [0.2, 0.25) is 0 Å². The molecule has 114 valence electrons. The Bertz CT molecular complexity index is 534. The molecule has 0 spiro atoms. The first-order chi connectivity index (χ1) is 9.47. The van der Waals surface area contributed by atoms with E-state index in [0.717, 1.165) is 12.8 Å². The minimum Gasteiger partial charge on any atom is -1.00 e. The van der Waals surface area contributed by atoms with Crippen molar-refractivity contribution in [2.75, 3.05) is 0 Å². The van der Waals surface area contributed by atoms with Crippen LogP contribution in [0.5, 0.6) is 0 Å². The summed E-state index contributed by atoms with van der Waals surface area (Å²) < 4.78 is 0. The number of fused-ring (bicyclic) bond motifs is 1. The van der Waals surface area contributed by atoms with E-state index in [2.05, 4.69) is 66.8 Å². The van der Waals surface area contributed by atoms with Crippen molar-refractivity contribution in [1.29, 1.82) is 0 Å². The number of halogens is 2. The first kappa shape index (κ1) is 23.5. The van der Waals surface area contributed by atoms with E-state index in [9.17, 15) is 0 Å². The first-order valence-corrected chi connectivity index (χ1v) is 6.51. The molecule has 0 N–H and O–H groups in total. The summed E-state index contributed by atoms with van der Waals surface area (Å²) >= 11 is 0. The summed E-state index contributed by atoms with van der Waals surface area (Å²) in [5.74, 6) is 0. The van der Waals surface area contributed by atoms with Crippen LogP contribution in [-0.4, -0.2) is 0 Å². The average molecular weight is 407 g/mol. The van der Waals surface area contributed by atoms with E-state index < -0.39 is 0 Å². The predicted molar refractivity (Wildman–Crippen MR) is 82.7 cm³/mol. The summed E-state index contributed by atoms with van der Waals surface area (Å²) in [5, 5.41) is 2.66. The maximum absolute atomic E-state index is 2.99. The summed E-state index contributed by atoms with van der Waals surface area (Å²) in [4.78, 5) is 0. The molecule has 0 bridgehead atoms. The Morgan fingerprint density at radius 2 is 1.41 bits per heavy atom. The molecule has 0 aromatic heterocycles. The van der Waals surface area contributed by atoms with Crippen LogP contribution in [0.1, 0.15) is 12.8 Å². The Labute approximate surface area is 165 Å². The predicted octanol–water partition coefficient (Wildman–Crippen LogP) is -0.824. The number of rotatable bonds is 0. The largest absolute Gasteiger partial charge is 2.00 e. The number of allylic oxidation sites excluding steroid dienone is 8. The standard InChI is InChI=1S/C9H7.2C5H5.2ClH.Zr/c1-2-5-9-7-3-6-8(9)4-1;2*1-2-4-5-3-1;;;/h1-7H;2*1-3H,4H2;2*1H;/q3*-1;;;+2/p-2. The van der Waals surface area contributed by atoms with Crippen molar-refractivity contribution in [2.45, 2.75) is 12.8 Å². The molecule has 0 nitrogen and oxygen atoms in total. The fraction of sp³-hybridized carbons (Fsp3) is 0.105. The molecule has 0 saturated carbocycles.